The molecule has 3 rings (SSSR count). The van der Waals surface area contributed by atoms with Crippen LogP contribution in [0.2, 0.25) is 0 Å². The van der Waals surface area contributed by atoms with Crippen LogP contribution in [0.3, 0.4) is 0 Å². The second-order valence-corrected chi connectivity index (χ2v) is 5.85. The first-order valence-corrected chi connectivity index (χ1v) is 8.13. The highest BCUT2D eigenvalue weighted by atomic mass is 16.5. The minimum atomic E-state index is -0.558. The third kappa shape index (κ3) is 4.37. The van der Waals surface area contributed by atoms with Gasteiger partial charge < -0.3 is 19.2 Å². The van der Waals surface area contributed by atoms with Crippen molar-refractivity contribution in [3.63, 3.8) is 0 Å². The lowest BCUT2D eigenvalue weighted by molar-refractivity contribution is 0.0389. The number of carbonyl (C=O) groups excluding carboxylic acids is 1. The molecule has 1 amide bonds. The van der Waals surface area contributed by atoms with Gasteiger partial charge in [0.2, 0.25) is 0 Å². The van der Waals surface area contributed by atoms with Crippen LogP contribution in [0.1, 0.15) is 10.6 Å². The summed E-state index contributed by atoms with van der Waals surface area (Å²) in [5.74, 6) is 1.05. The number of para-hydroxylation sites is 1. The number of piperazine rings is 1. The quantitative estimate of drug-likeness (QED) is 0.869. The molecule has 128 valence electrons. The largest absolute Gasteiger partial charge is 0.491 e. The molecular formula is C18H22N2O4. The van der Waals surface area contributed by atoms with Crippen molar-refractivity contribution in [3.05, 3.63) is 54.5 Å². The first-order valence-electron chi connectivity index (χ1n) is 8.13. The lowest BCUT2D eigenvalue weighted by Crippen LogP contribution is -2.50. The predicted molar refractivity (Wildman–Crippen MR) is 89.0 cm³/mol. The molecule has 2 aromatic rings. The number of aliphatic hydroxyl groups excluding tert-OH is 1. The van der Waals surface area contributed by atoms with Gasteiger partial charge in [0.25, 0.3) is 5.91 Å². The molecule has 1 atom stereocenters. The van der Waals surface area contributed by atoms with Gasteiger partial charge in [0.15, 0.2) is 5.76 Å². The fourth-order valence-corrected chi connectivity index (χ4v) is 2.75. The van der Waals surface area contributed by atoms with Crippen LogP contribution in [0.15, 0.2) is 53.1 Å². The van der Waals surface area contributed by atoms with Gasteiger partial charge in [-0.25, -0.2) is 0 Å². The fourth-order valence-electron chi connectivity index (χ4n) is 2.75. The maximum absolute atomic E-state index is 12.2. The third-order valence-electron chi connectivity index (χ3n) is 4.05. The van der Waals surface area contributed by atoms with Crippen LogP contribution in [-0.2, 0) is 0 Å². The number of ether oxygens (including phenoxy) is 1. The number of benzene rings is 1. The van der Waals surface area contributed by atoms with Gasteiger partial charge in [-0.05, 0) is 24.3 Å². The molecule has 0 radical (unpaired) electrons. The van der Waals surface area contributed by atoms with Crippen molar-refractivity contribution in [2.24, 2.45) is 0 Å². The number of carbonyl (C=O) groups is 1. The van der Waals surface area contributed by atoms with Crippen LogP contribution in [-0.4, -0.2) is 66.2 Å². The molecule has 1 aromatic heterocycles. The third-order valence-corrected chi connectivity index (χ3v) is 4.05. The maximum Gasteiger partial charge on any atom is 0.289 e. The summed E-state index contributed by atoms with van der Waals surface area (Å²) in [5, 5.41) is 10.1. The van der Waals surface area contributed by atoms with E-state index in [9.17, 15) is 9.90 Å². The van der Waals surface area contributed by atoms with E-state index in [4.69, 9.17) is 9.15 Å². The Kier molecular flexibility index (Phi) is 5.51. The van der Waals surface area contributed by atoms with Crippen LogP contribution >= 0.6 is 0 Å². The van der Waals surface area contributed by atoms with Gasteiger partial charge in [-0.2, -0.15) is 0 Å². The Hall–Kier alpha value is -2.31. The molecule has 1 aromatic carbocycles. The van der Waals surface area contributed by atoms with E-state index in [1.807, 2.05) is 30.3 Å². The molecule has 1 aliphatic heterocycles. The van der Waals surface area contributed by atoms with Crippen molar-refractivity contribution >= 4 is 5.91 Å². The fraction of sp³-hybridized carbons (Fsp3) is 0.389. The van der Waals surface area contributed by atoms with E-state index >= 15 is 0 Å². The van der Waals surface area contributed by atoms with E-state index in [1.54, 1.807) is 17.0 Å². The van der Waals surface area contributed by atoms with Crippen LogP contribution in [0.4, 0.5) is 0 Å². The van der Waals surface area contributed by atoms with E-state index in [0.29, 0.717) is 25.4 Å². The molecule has 2 heterocycles. The minimum absolute atomic E-state index is 0.0763. The van der Waals surface area contributed by atoms with Gasteiger partial charge in [0, 0.05) is 32.7 Å². The zero-order valence-electron chi connectivity index (χ0n) is 13.5. The standard InChI is InChI=1S/C18H22N2O4/c21-15(14-24-16-5-2-1-3-6-16)13-19-8-10-20(11-9-19)18(22)17-7-4-12-23-17/h1-7,12,15,21H,8-11,13-14H2/t15-/m0/s1. The summed E-state index contributed by atoms with van der Waals surface area (Å²) in [7, 11) is 0. The van der Waals surface area contributed by atoms with E-state index < -0.39 is 6.10 Å². The lowest BCUT2D eigenvalue weighted by atomic mass is 10.2. The highest BCUT2D eigenvalue weighted by Gasteiger charge is 2.24. The topological polar surface area (TPSA) is 66.2 Å². The average Bonchev–Trinajstić information content (AvgIpc) is 3.16. The van der Waals surface area contributed by atoms with E-state index in [0.717, 1.165) is 18.8 Å². The molecule has 1 aliphatic rings. The smallest absolute Gasteiger partial charge is 0.289 e. The molecule has 0 saturated carbocycles. The molecule has 6 heteroatoms. The summed E-state index contributed by atoms with van der Waals surface area (Å²) in [4.78, 5) is 16.1. The number of amides is 1. The Labute approximate surface area is 141 Å². The Balaban J connectivity index is 1.39. The second kappa shape index (κ2) is 7.99. The number of furan rings is 1. The molecule has 1 saturated heterocycles. The summed E-state index contributed by atoms with van der Waals surface area (Å²) in [6, 6.07) is 12.9. The lowest BCUT2D eigenvalue weighted by Gasteiger charge is -2.35. The van der Waals surface area contributed by atoms with Gasteiger partial charge in [-0.15, -0.1) is 0 Å². The monoisotopic (exact) mass is 330 g/mol. The van der Waals surface area contributed by atoms with Gasteiger partial charge in [0.05, 0.1) is 6.26 Å². The molecule has 24 heavy (non-hydrogen) atoms. The number of hydrogen-bond donors (Lipinski definition) is 1. The first-order chi connectivity index (χ1) is 11.7. The molecule has 1 N–H and O–H groups in total. The zero-order valence-corrected chi connectivity index (χ0v) is 13.5. The molecule has 0 aliphatic carbocycles. The Morgan fingerprint density at radius 3 is 2.54 bits per heavy atom. The number of aliphatic hydroxyl groups is 1. The zero-order chi connectivity index (χ0) is 16.8. The van der Waals surface area contributed by atoms with Crippen LogP contribution in [0, 0.1) is 0 Å². The van der Waals surface area contributed by atoms with Crippen molar-refractivity contribution in [1.82, 2.24) is 9.80 Å². The molecule has 0 unspecified atom stereocenters. The molecule has 1 fully saturated rings. The predicted octanol–water partition coefficient (Wildman–Crippen LogP) is 1.48. The van der Waals surface area contributed by atoms with Crippen molar-refractivity contribution in [2.45, 2.75) is 6.10 Å². The Morgan fingerprint density at radius 2 is 1.88 bits per heavy atom. The summed E-state index contributed by atoms with van der Waals surface area (Å²) < 4.78 is 10.7. The maximum atomic E-state index is 12.2. The summed E-state index contributed by atoms with van der Waals surface area (Å²) in [5.41, 5.74) is 0. The SMILES string of the molecule is O=C(c1ccco1)N1CCN(C[C@H](O)COc2ccccc2)CC1. The average molecular weight is 330 g/mol. The summed E-state index contributed by atoms with van der Waals surface area (Å²) >= 11 is 0. The van der Waals surface area contributed by atoms with Crippen molar-refractivity contribution in [1.29, 1.82) is 0 Å². The van der Waals surface area contributed by atoms with Crippen molar-refractivity contribution in [2.75, 3.05) is 39.3 Å². The first kappa shape index (κ1) is 16.5. The number of rotatable bonds is 6. The Bertz CT molecular complexity index is 622. The van der Waals surface area contributed by atoms with Gasteiger partial charge in [-0.1, -0.05) is 18.2 Å². The van der Waals surface area contributed by atoms with E-state index in [1.165, 1.54) is 6.26 Å². The van der Waals surface area contributed by atoms with Crippen LogP contribution in [0.5, 0.6) is 5.75 Å². The van der Waals surface area contributed by atoms with Crippen LogP contribution in [0.25, 0.3) is 0 Å². The molecular weight excluding hydrogens is 308 g/mol. The highest BCUT2D eigenvalue weighted by Crippen LogP contribution is 2.11. The van der Waals surface area contributed by atoms with Crippen LogP contribution < -0.4 is 4.74 Å². The summed E-state index contributed by atoms with van der Waals surface area (Å²) in [6.07, 6.45) is 0.949. The van der Waals surface area contributed by atoms with E-state index in [-0.39, 0.29) is 12.5 Å². The van der Waals surface area contributed by atoms with Crippen molar-refractivity contribution < 1.29 is 19.1 Å². The van der Waals surface area contributed by atoms with Gasteiger partial charge in [-0.3, -0.25) is 9.69 Å². The van der Waals surface area contributed by atoms with E-state index in [2.05, 4.69) is 4.90 Å². The number of hydrogen-bond acceptors (Lipinski definition) is 5. The second-order valence-electron chi connectivity index (χ2n) is 5.85. The normalized spacial score (nSPS) is 16.8. The number of β-amino-alcohol motifs (C(OH)–C–C–N with tert-alkyl or cyclic N) is 1. The van der Waals surface area contributed by atoms with Crippen molar-refractivity contribution in [3.8, 4) is 5.75 Å². The number of nitrogens with zero attached hydrogens (tertiary/aromatic N) is 2. The summed E-state index contributed by atoms with van der Waals surface area (Å²) in [6.45, 7) is 3.52. The highest BCUT2D eigenvalue weighted by molar-refractivity contribution is 5.91. The Morgan fingerprint density at radius 1 is 1.12 bits per heavy atom. The molecule has 0 bridgehead atoms. The molecule has 6 nitrogen and oxygen atoms in total. The minimum Gasteiger partial charge on any atom is -0.491 e. The van der Waals surface area contributed by atoms with Gasteiger partial charge in [0.1, 0.15) is 18.5 Å². The molecule has 0 spiro atoms. The van der Waals surface area contributed by atoms with Gasteiger partial charge >= 0.3 is 0 Å².